The molecular weight excluding hydrogens is 236 g/mol. The van der Waals surface area contributed by atoms with Crippen LogP contribution in [0.4, 0.5) is 0 Å². The summed E-state index contributed by atoms with van der Waals surface area (Å²) in [7, 11) is 0. The van der Waals surface area contributed by atoms with Crippen molar-refractivity contribution in [2.75, 3.05) is 0 Å². The summed E-state index contributed by atoms with van der Waals surface area (Å²) in [4.78, 5) is 11.5. The lowest BCUT2D eigenvalue weighted by Gasteiger charge is -1.95. The van der Waals surface area contributed by atoms with Crippen molar-refractivity contribution in [3.8, 4) is 11.8 Å². The van der Waals surface area contributed by atoms with E-state index in [9.17, 15) is 4.79 Å². The van der Waals surface area contributed by atoms with Crippen LogP contribution in [0, 0.1) is 18.8 Å². The Morgan fingerprint density at radius 2 is 1.88 bits per heavy atom. The second-order valence-corrected chi connectivity index (χ2v) is 3.89. The van der Waals surface area contributed by atoms with Crippen LogP contribution >= 0.6 is 11.6 Å². The van der Waals surface area contributed by atoms with Gasteiger partial charge in [0.1, 0.15) is 11.3 Å². The lowest BCUT2D eigenvalue weighted by molar-refractivity contribution is 0.478. The molecule has 0 radical (unpaired) electrons. The van der Waals surface area contributed by atoms with E-state index in [0.717, 1.165) is 5.56 Å². The highest BCUT2D eigenvalue weighted by molar-refractivity contribution is 6.31. The first-order valence-corrected chi connectivity index (χ1v) is 5.42. The standard InChI is InChI=1S/C14H9ClO2/c1-10-9-13(15)12(14(16)17-10)8-7-11-5-3-2-4-6-11/h2-6,9H,1H3. The highest BCUT2D eigenvalue weighted by Gasteiger charge is 2.05. The molecule has 1 heterocycles. The van der Waals surface area contributed by atoms with Gasteiger partial charge in [-0.2, -0.15) is 0 Å². The molecule has 2 nitrogen and oxygen atoms in total. The Hall–Kier alpha value is -1.98. The Balaban J connectivity index is 2.45. The van der Waals surface area contributed by atoms with Crippen LogP contribution < -0.4 is 5.63 Å². The zero-order valence-corrected chi connectivity index (χ0v) is 9.91. The largest absolute Gasteiger partial charge is 0.427 e. The van der Waals surface area contributed by atoms with Crippen LogP contribution in [0.5, 0.6) is 0 Å². The van der Waals surface area contributed by atoms with Gasteiger partial charge >= 0.3 is 5.63 Å². The van der Waals surface area contributed by atoms with Gasteiger partial charge in [-0.25, -0.2) is 4.79 Å². The van der Waals surface area contributed by atoms with Crippen LogP contribution in [-0.4, -0.2) is 0 Å². The van der Waals surface area contributed by atoms with Crippen LogP contribution in [-0.2, 0) is 0 Å². The molecule has 0 atom stereocenters. The van der Waals surface area contributed by atoms with Gasteiger partial charge in [0.2, 0.25) is 0 Å². The number of aryl methyl sites for hydroxylation is 1. The average Bonchev–Trinajstić information content (AvgIpc) is 2.29. The highest BCUT2D eigenvalue weighted by Crippen LogP contribution is 2.12. The minimum atomic E-state index is -0.501. The van der Waals surface area contributed by atoms with Crippen molar-refractivity contribution in [2.45, 2.75) is 6.92 Å². The van der Waals surface area contributed by atoms with Gasteiger partial charge in [-0.15, -0.1) is 0 Å². The fourth-order valence-electron chi connectivity index (χ4n) is 1.34. The van der Waals surface area contributed by atoms with Gasteiger partial charge in [-0.1, -0.05) is 41.6 Å². The van der Waals surface area contributed by atoms with Gasteiger partial charge in [-0.05, 0) is 25.1 Å². The summed E-state index contributed by atoms with van der Waals surface area (Å²) in [5, 5.41) is 0.321. The molecule has 1 aromatic carbocycles. The number of benzene rings is 1. The molecule has 0 amide bonds. The first-order chi connectivity index (χ1) is 8.16. The summed E-state index contributed by atoms with van der Waals surface area (Å²) in [5.41, 5.74) is 0.517. The molecule has 0 bridgehead atoms. The zero-order chi connectivity index (χ0) is 12.3. The van der Waals surface area contributed by atoms with E-state index in [1.807, 2.05) is 30.3 Å². The summed E-state index contributed by atoms with van der Waals surface area (Å²) < 4.78 is 4.93. The number of halogens is 1. The minimum absolute atomic E-state index is 0.195. The van der Waals surface area contributed by atoms with E-state index in [0.29, 0.717) is 10.8 Å². The smallest absolute Gasteiger partial charge is 0.353 e. The molecule has 0 aliphatic rings. The number of hydrogen-bond donors (Lipinski definition) is 0. The van der Waals surface area contributed by atoms with Crippen LogP contribution in [0.2, 0.25) is 5.02 Å². The fourth-order valence-corrected chi connectivity index (χ4v) is 1.62. The molecule has 0 saturated carbocycles. The van der Waals surface area contributed by atoms with Crippen LogP contribution in [0.3, 0.4) is 0 Å². The maximum Gasteiger partial charge on any atom is 0.353 e. The van der Waals surface area contributed by atoms with Gasteiger partial charge in [-0.3, -0.25) is 0 Å². The molecule has 84 valence electrons. The predicted molar refractivity (Wildman–Crippen MR) is 67.1 cm³/mol. The molecule has 0 aliphatic carbocycles. The van der Waals surface area contributed by atoms with E-state index in [2.05, 4.69) is 11.8 Å². The van der Waals surface area contributed by atoms with Crippen LogP contribution in [0.1, 0.15) is 16.9 Å². The molecule has 0 N–H and O–H groups in total. The van der Waals surface area contributed by atoms with Gasteiger partial charge in [0, 0.05) is 5.56 Å². The Labute approximate surface area is 104 Å². The number of rotatable bonds is 0. The van der Waals surface area contributed by atoms with E-state index >= 15 is 0 Å². The molecule has 2 rings (SSSR count). The first-order valence-electron chi connectivity index (χ1n) is 5.04. The monoisotopic (exact) mass is 244 g/mol. The maximum absolute atomic E-state index is 11.5. The van der Waals surface area contributed by atoms with Crippen molar-refractivity contribution in [3.05, 3.63) is 68.7 Å². The molecule has 3 heteroatoms. The predicted octanol–water partition coefficient (Wildman–Crippen LogP) is 3.00. The SMILES string of the molecule is Cc1cc(Cl)c(C#Cc2ccccc2)c(=O)o1. The van der Waals surface area contributed by atoms with Crippen LogP contribution in [0.25, 0.3) is 0 Å². The Kier molecular flexibility index (Phi) is 3.32. The summed E-state index contributed by atoms with van der Waals surface area (Å²) in [6.45, 7) is 1.67. The van der Waals surface area contributed by atoms with Crippen molar-refractivity contribution in [1.82, 2.24) is 0 Å². The van der Waals surface area contributed by atoms with E-state index in [4.69, 9.17) is 16.0 Å². The summed E-state index contributed by atoms with van der Waals surface area (Å²) in [6, 6.07) is 11.0. The van der Waals surface area contributed by atoms with Crippen molar-refractivity contribution in [2.24, 2.45) is 0 Å². The molecular formula is C14H9ClO2. The summed E-state index contributed by atoms with van der Waals surface area (Å²) in [5.74, 6) is 6.08. The molecule has 0 spiro atoms. The third-order valence-corrected chi connectivity index (χ3v) is 2.43. The Morgan fingerprint density at radius 1 is 1.18 bits per heavy atom. The summed E-state index contributed by atoms with van der Waals surface area (Å²) >= 11 is 5.94. The van der Waals surface area contributed by atoms with Crippen molar-refractivity contribution in [1.29, 1.82) is 0 Å². The average molecular weight is 245 g/mol. The topological polar surface area (TPSA) is 30.2 Å². The second-order valence-electron chi connectivity index (χ2n) is 3.48. The van der Waals surface area contributed by atoms with Gasteiger partial charge in [0.05, 0.1) is 5.02 Å². The van der Waals surface area contributed by atoms with Gasteiger partial charge in [0.15, 0.2) is 0 Å². The van der Waals surface area contributed by atoms with E-state index in [-0.39, 0.29) is 5.56 Å². The lowest BCUT2D eigenvalue weighted by atomic mass is 10.2. The highest BCUT2D eigenvalue weighted by atomic mass is 35.5. The number of hydrogen-bond acceptors (Lipinski definition) is 2. The third-order valence-electron chi connectivity index (χ3n) is 2.13. The van der Waals surface area contributed by atoms with E-state index in [1.54, 1.807) is 13.0 Å². The van der Waals surface area contributed by atoms with Crippen LogP contribution in [0.15, 0.2) is 45.6 Å². The van der Waals surface area contributed by atoms with Gasteiger partial charge in [0.25, 0.3) is 0 Å². The zero-order valence-electron chi connectivity index (χ0n) is 9.16. The first kappa shape index (κ1) is 11.5. The molecule has 17 heavy (non-hydrogen) atoms. The van der Waals surface area contributed by atoms with E-state index in [1.165, 1.54) is 0 Å². The molecule has 1 aromatic heterocycles. The second kappa shape index (κ2) is 4.90. The minimum Gasteiger partial charge on any atom is -0.427 e. The fraction of sp³-hybridized carbons (Fsp3) is 0.0714. The molecule has 0 unspecified atom stereocenters. The van der Waals surface area contributed by atoms with Crippen molar-refractivity contribution < 1.29 is 4.42 Å². The molecule has 2 aromatic rings. The molecule has 0 saturated heterocycles. The Bertz CT molecular complexity index is 645. The van der Waals surface area contributed by atoms with E-state index < -0.39 is 5.63 Å². The normalized spacial score (nSPS) is 9.53. The molecule has 0 aliphatic heterocycles. The molecule has 0 fully saturated rings. The lowest BCUT2D eigenvalue weighted by Crippen LogP contribution is -2.05. The van der Waals surface area contributed by atoms with Crippen molar-refractivity contribution in [3.63, 3.8) is 0 Å². The van der Waals surface area contributed by atoms with Gasteiger partial charge < -0.3 is 4.42 Å². The maximum atomic E-state index is 11.5. The summed E-state index contributed by atoms with van der Waals surface area (Å²) in [6.07, 6.45) is 0. The quantitative estimate of drug-likeness (QED) is 0.667. The Morgan fingerprint density at radius 3 is 2.53 bits per heavy atom. The third kappa shape index (κ3) is 2.77. The van der Waals surface area contributed by atoms with Crippen molar-refractivity contribution >= 4 is 11.6 Å².